The number of hydrogen-bond donors (Lipinski definition) is 1. The molecule has 0 amide bonds. The molecular formula is C23H20N6O4. The molecule has 1 aliphatic heterocycles. The number of carbonyl (C=O) groups is 1. The zero-order valence-corrected chi connectivity index (χ0v) is 17.6. The van der Waals surface area contributed by atoms with Crippen LogP contribution in [-0.4, -0.2) is 48.0 Å². The van der Waals surface area contributed by atoms with Crippen LogP contribution in [0, 0.1) is 0 Å². The number of fused-ring (bicyclic) bond motifs is 2. The van der Waals surface area contributed by atoms with Gasteiger partial charge in [0.1, 0.15) is 0 Å². The Morgan fingerprint density at radius 2 is 2.03 bits per heavy atom. The number of rotatable bonds is 8. The number of pyridine rings is 2. The third-order valence-electron chi connectivity index (χ3n) is 5.20. The smallest absolute Gasteiger partial charge is 0.328 e. The molecule has 4 aromatic rings. The van der Waals surface area contributed by atoms with E-state index in [1.165, 1.54) is 4.80 Å². The first-order valence-electron chi connectivity index (χ1n) is 10.4. The average Bonchev–Trinajstić information content (AvgIpc) is 3.47. The van der Waals surface area contributed by atoms with Crippen molar-refractivity contribution in [2.24, 2.45) is 0 Å². The number of tetrazole rings is 1. The molecule has 4 heterocycles. The maximum atomic E-state index is 11.4. The lowest BCUT2D eigenvalue weighted by atomic mass is 10.0. The van der Waals surface area contributed by atoms with Crippen LogP contribution in [0.2, 0.25) is 0 Å². The van der Waals surface area contributed by atoms with Crippen LogP contribution in [0.4, 0.5) is 0 Å². The van der Waals surface area contributed by atoms with E-state index in [0.29, 0.717) is 34.9 Å². The quantitative estimate of drug-likeness (QED) is 0.408. The Kier molecular flexibility index (Phi) is 5.62. The maximum Gasteiger partial charge on any atom is 0.328 e. The molecular weight excluding hydrogens is 424 g/mol. The van der Waals surface area contributed by atoms with Crippen molar-refractivity contribution in [3.8, 4) is 11.5 Å². The molecule has 1 N–H and O–H groups in total. The molecule has 0 fully saturated rings. The summed E-state index contributed by atoms with van der Waals surface area (Å²) in [7, 11) is 0. The minimum Gasteiger partial charge on any atom is -0.478 e. The molecule has 0 aliphatic carbocycles. The number of aryl methyl sites for hydroxylation is 2. The molecule has 0 atom stereocenters. The summed E-state index contributed by atoms with van der Waals surface area (Å²) in [6.07, 6.45) is 5.07. The minimum atomic E-state index is -1.06. The van der Waals surface area contributed by atoms with Crippen molar-refractivity contribution >= 4 is 22.6 Å². The van der Waals surface area contributed by atoms with E-state index in [9.17, 15) is 9.90 Å². The predicted octanol–water partition coefficient (Wildman–Crippen LogP) is 2.69. The Hall–Kier alpha value is -4.34. The van der Waals surface area contributed by atoms with Crippen molar-refractivity contribution < 1.29 is 19.4 Å². The van der Waals surface area contributed by atoms with E-state index in [1.54, 1.807) is 24.4 Å². The number of ether oxygens (including phenoxy) is 2. The van der Waals surface area contributed by atoms with Crippen molar-refractivity contribution in [2.45, 2.75) is 25.8 Å². The van der Waals surface area contributed by atoms with Crippen molar-refractivity contribution in [2.75, 3.05) is 6.79 Å². The third kappa shape index (κ3) is 4.79. The van der Waals surface area contributed by atoms with Crippen LogP contribution in [0.15, 0.2) is 54.7 Å². The van der Waals surface area contributed by atoms with Crippen LogP contribution in [0.5, 0.6) is 11.5 Å². The number of carboxylic acid groups (broad SMARTS) is 1. The molecule has 0 bridgehead atoms. The molecule has 10 heteroatoms. The van der Waals surface area contributed by atoms with Gasteiger partial charge >= 0.3 is 5.97 Å². The Balaban J connectivity index is 1.23. The van der Waals surface area contributed by atoms with Gasteiger partial charge in [-0.05, 0) is 65.6 Å². The first-order chi connectivity index (χ1) is 16.1. The number of carboxylic acids is 1. The second kappa shape index (κ2) is 9.03. The van der Waals surface area contributed by atoms with Crippen molar-refractivity contribution in [1.29, 1.82) is 0 Å². The summed E-state index contributed by atoms with van der Waals surface area (Å²) < 4.78 is 10.7. The van der Waals surface area contributed by atoms with E-state index < -0.39 is 5.97 Å². The molecule has 0 radical (unpaired) electrons. The lowest BCUT2D eigenvalue weighted by Crippen LogP contribution is -2.07. The summed E-state index contributed by atoms with van der Waals surface area (Å²) >= 11 is 0. The Morgan fingerprint density at radius 1 is 1.12 bits per heavy atom. The van der Waals surface area contributed by atoms with E-state index in [2.05, 4.69) is 25.4 Å². The molecule has 1 aliphatic rings. The molecule has 3 aromatic heterocycles. The van der Waals surface area contributed by atoms with Gasteiger partial charge in [0, 0.05) is 29.8 Å². The van der Waals surface area contributed by atoms with Gasteiger partial charge in [-0.2, -0.15) is 4.80 Å². The van der Waals surface area contributed by atoms with Crippen LogP contribution in [-0.2, 0) is 24.2 Å². The lowest BCUT2D eigenvalue weighted by Gasteiger charge is -2.07. The van der Waals surface area contributed by atoms with Gasteiger partial charge in [-0.25, -0.2) is 14.8 Å². The standard InChI is InChI=1S/C23H20N6O4/c30-22(31)12-17(16-7-9-19-20(11-16)33-14-32-19)13-29-27-21(26-28-29)5-1-4-18-8-6-15-3-2-10-24-23(15)25-18/h2-3,6-12H,1,4-5,13-14H2,(H,30,31)/b17-12-. The second-order valence-electron chi connectivity index (χ2n) is 7.52. The van der Waals surface area contributed by atoms with Crippen molar-refractivity contribution in [3.63, 3.8) is 0 Å². The fourth-order valence-electron chi connectivity index (χ4n) is 3.62. The van der Waals surface area contributed by atoms with Gasteiger partial charge in [0.05, 0.1) is 6.54 Å². The van der Waals surface area contributed by atoms with E-state index in [-0.39, 0.29) is 13.3 Å². The van der Waals surface area contributed by atoms with Gasteiger partial charge in [0.2, 0.25) is 6.79 Å². The first kappa shape index (κ1) is 20.6. The minimum absolute atomic E-state index is 0.149. The van der Waals surface area contributed by atoms with Crippen LogP contribution < -0.4 is 9.47 Å². The van der Waals surface area contributed by atoms with Crippen LogP contribution in [0.25, 0.3) is 16.6 Å². The highest BCUT2D eigenvalue weighted by atomic mass is 16.7. The molecule has 33 heavy (non-hydrogen) atoms. The van der Waals surface area contributed by atoms with E-state index in [0.717, 1.165) is 35.6 Å². The van der Waals surface area contributed by atoms with E-state index in [1.807, 2.05) is 24.3 Å². The van der Waals surface area contributed by atoms with Crippen LogP contribution in [0.3, 0.4) is 0 Å². The summed E-state index contributed by atoms with van der Waals surface area (Å²) in [5.41, 5.74) is 2.91. The average molecular weight is 444 g/mol. The van der Waals surface area contributed by atoms with Gasteiger partial charge in [0.25, 0.3) is 0 Å². The highest BCUT2D eigenvalue weighted by molar-refractivity contribution is 5.90. The lowest BCUT2D eigenvalue weighted by molar-refractivity contribution is -0.131. The summed E-state index contributed by atoms with van der Waals surface area (Å²) in [4.78, 5) is 21.6. The summed E-state index contributed by atoms with van der Waals surface area (Å²) in [6.45, 7) is 0.312. The maximum absolute atomic E-state index is 11.4. The zero-order valence-electron chi connectivity index (χ0n) is 17.6. The van der Waals surface area contributed by atoms with Crippen molar-refractivity contribution in [1.82, 2.24) is 30.2 Å². The van der Waals surface area contributed by atoms with Crippen LogP contribution >= 0.6 is 0 Å². The van der Waals surface area contributed by atoms with Gasteiger partial charge < -0.3 is 14.6 Å². The van der Waals surface area contributed by atoms with Gasteiger partial charge in [-0.1, -0.05) is 6.07 Å². The van der Waals surface area contributed by atoms with E-state index >= 15 is 0 Å². The molecule has 10 nitrogen and oxygen atoms in total. The summed E-state index contributed by atoms with van der Waals surface area (Å²) in [6, 6.07) is 13.2. The Bertz CT molecular complexity index is 1350. The fraction of sp³-hybridized carbons (Fsp3) is 0.217. The monoisotopic (exact) mass is 444 g/mol. The number of aromatic nitrogens is 6. The molecule has 1 aromatic carbocycles. The van der Waals surface area contributed by atoms with Gasteiger partial charge in [-0.15, -0.1) is 10.2 Å². The number of benzene rings is 1. The summed E-state index contributed by atoms with van der Waals surface area (Å²) in [5, 5.41) is 22.9. The number of aliphatic carboxylic acids is 1. The van der Waals surface area contributed by atoms with E-state index in [4.69, 9.17) is 9.47 Å². The molecule has 166 valence electrons. The SMILES string of the molecule is O=C(O)/C=C(/Cn1nnc(CCCc2ccc3cccnc3n2)n1)c1ccc2c(c1)OCO2. The summed E-state index contributed by atoms with van der Waals surface area (Å²) in [5.74, 6) is 0.745. The first-order valence-corrected chi connectivity index (χ1v) is 10.4. The predicted molar refractivity (Wildman–Crippen MR) is 118 cm³/mol. The second-order valence-corrected chi connectivity index (χ2v) is 7.52. The number of hydrogen-bond acceptors (Lipinski definition) is 8. The van der Waals surface area contributed by atoms with Crippen LogP contribution in [0.1, 0.15) is 23.5 Å². The van der Waals surface area contributed by atoms with Gasteiger partial charge in [-0.3, -0.25) is 0 Å². The topological polar surface area (TPSA) is 125 Å². The highest BCUT2D eigenvalue weighted by Crippen LogP contribution is 2.34. The largest absolute Gasteiger partial charge is 0.478 e. The molecule has 0 spiro atoms. The molecule has 5 rings (SSSR count). The van der Waals surface area contributed by atoms with Crippen molar-refractivity contribution in [3.05, 3.63) is 71.8 Å². The van der Waals surface area contributed by atoms with Gasteiger partial charge in [0.15, 0.2) is 23.0 Å². The Morgan fingerprint density at radius 3 is 2.94 bits per heavy atom. The fourth-order valence-corrected chi connectivity index (χ4v) is 3.62. The number of nitrogens with zero attached hydrogens (tertiary/aromatic N) is 6. The zero-order chi connectivity index (χ0) is 22.6. The molecule has 0 unspecified atom stereocenters. The normalized spacial score (nSPS) is 12.9. The Labute approximate surface area is 188 Å². The number of allylic oxidation sites excluding steroid dienone is 1. The molecule has 0 saturated heterocycles. The third-order valence-corrected chi connectivity index (χ3v) is 5.20. The molecule has 0 saturated carbocycles. The highest BCUT2D eigenvalue weighted by Gasteiger charge is 2.16.